The van der Waals surface area contributed by atoms with Crippen LogP contribution in [-0.2, 0) is 47.5 Å². The summed E-state index contributed by atoms with van der Waals surface area (Å²) in [7, 11) is 4.89. The standard InChI is InChI=1S/C40H75N3O13/c1-14-30-27(7)42-20-23(3)32(43-51-21-50-16-15-48-12)22(2)18-39(9,47)36(56-38-33(44)29(41-11)17-24(4)52-38)25(5)34(26(6)37(46)54-30)55-31-19-40(10,49-13)35(45)28(8)53-31/h22-31,33-36,38,41-42,44-45,47H,14-21H2,1-13H3/b43-32+/t22-,23?,24-,25+,26-,27?,28+,29+,30?,31+,33-,34?,35+,36-,38+,39+,40-/m1/s1. The number of aliphatic hydroxyl groups is 3. The van der Waals surface area contributed by atoms with Crippen molar-refractivity contribution < 1.29 is 62.8 Å². The van der Waals surface area contributed by atoms with Gasteiger partial charge in [-0.15, -0.1) is 0 Å². The highest BCUT2D eigenvalue weighted by molar-refractivity contribution is 5.88. The van der Waals surface area contributed by atoms with Gasteiger partial charge < -0.3 is 68.7 Å². The summed E-state index contributed by atoms with van der Waals surface area (Å²) in [6.07, 6.45) is -6.01. The molecule has 17 atom stereocenters. The molecule has 0 aromatic heterocycles. The van der Waals surface area contributed by atoms with Crippen LogP contribution in [0, 0.1) is 23.7 Å². The molecule has 0 saturated carbocycles. The maximum Gasteiger partial charge on any atom is 0.311 e. The number of nitrogens with one attached hydrogen (secondary N) is 2. The lowest BCUT2D eigenvalue weighted by Crippen LogP contribution is -2.60. The zero-order chi connectivity index (χ0) is 42.0. The first-order valence-electron chi connectivity index (χ1n) is 20.5. The molecule has 0 spiro atoms. The Hall–Kier alpha value is -1.54. The lowest BCUT2D eigenvalue weighted by molar-refractivity contribution is -0.315. The summed E-state index contributed by atoms with van der Waals surface area (Å²) in [5.41, 5.74) is -1.93. The molecule has 16 heteroatoms. The third-order valence-electron chi connectivity index (χ3n) is 12.0. The van der Waals surface area contributed by atoms with Crippen molar-refractivity contribution in [3.8, 4) is 0 Å². The molecule has 4 unspecified atom stereocenters. The van der Waals surface area contributed by atoms with Crippen LogP contribution >= 0.6 is 0 Å². The van der Waals surface area contributed by atoms with Crippen LogP contribution in [0.25, 0.3) is 0 Å². The number of likely N-dealkylation sites (N-methyl/N-ethyl adjacent to an activating group) is 1. The molecule has 0 aliphatic carbocycles. The van der Waals surface area contributed by atoms with Crippen LogP contribution in [-0.4, -0.2) is 153 Å². The van der Waals surface area contributed by atoms with Crippen molar-refractivity contribution in [1.82, 2.24) is 10.6 Å². The number of esters is 1. The quantitative estimate of drug-likeness (QED) is 0.0788. The second kappa shape index (κ2) is 22.2. The highest BCUT2D eigenvalue weighted by Crippen LogP contribution is 2.39. The van der Waals surface area contributed by atoms with Crippen LogP contribution in [0.4, 0.5) is 0 Å². The number of hydrogen-bond donors (Lipinski definition) is 5. The van der Waals surface area contributed by atoms with Gasteiger partial charge in [-0.3, -0.25) is 4.79 Å². The van der Waals surface area contributed by atoms with Gasteiger partial charge in [0, 0.05) is 57.0 Å². The first kappa shape index (κ1) is 48.8. The molecule has 3 aliphatic rings. The van der Waals surface area contributed by atoms with E-state index in [-0.39, 0.29) is 49.7 Å². The number of nitrogens with zero attached hydrogens (tertiary/aromatic N) is 1. The van der Waals surface area contributed by atoms with Gasteiger partial charge in [-0.2, -0.15) is 0 Å². The molecular formula is C40H75N3O13. The van der Waals surface area contributed by atoms with Crippen LogP contribution in [0.1, 0.15) is 94.9 Å². The minimum atomic E-state index is -1.62. The molecule has 5 N–H and O–H groups in total. The average Bonchev–Trinajstić information content (AvgIpc) is 3.15. The Kier molecular flexibility index (Phi) is 19.3. The molecule has 3 heterocycles. The van der Waals surface area contributed by atoms with Gasteiger partial charge in [0.25, 0.3) is 0 Å². The molecule has 16 nitrogen and oxygen atoms in total. The fraction of sp³-hybridized carbons (Fsp3) is 0.950. The summed E-state index contributed by atoms with van der Waals surface area (Å²) < 4.78 is 48.5. The van der Waals surface area contributed by atoms with Crippen molar-refractivity contribution >= 4 is 11.7 Å². The fourth-order valence-corrected chi connectivity index (χ4v) is 8.45. The number of oxime groups is 1. The second-order valence-corrected chi connectivity index (χ2v) is 16.8. The molecule has 3 rings (SSSR count). The first-order chi connectivity index (χ1) is 26.3. The number of methoxy groups -OCH3 is 2. The molecular weight excluding hydrogens is 730 g/mol. The number of cyclic esters (lactones) is 1. The first-order valence-corrected chi connectivity index (χ1v) is 20.5. The number of carbonyl (C=O) groups excluding carboxylic acids is 1. The SMILES string of the molecule is CCC1OC(=O)[C@H](C)C(O[C@H]2C[C@@](C)(OC)[C@@H](O)[C@H](C)O2)[C@H](C)[C@@H](O[C@@H]2O[C@H](C)C[C@H](NC)[C@H]2O)[C@@](C)(O)C[C@@H](C)/C(=N\OCOCCOC)C(C)CNC1C. The Morgan fingerprint density at radius 2 is 1.68 bits per heavy atom. The third kappa shape index (κ3) is 12.7. The van der Waals surface area contributed by atoms with E-state index < -0.39 is 78.2 Å². The van der Waals surface area contributed by atoms with Crippen molar-refractivity contribution in [1.29, 1.82) is 0 Å². The second-order valence-electron chi connectivity index (χ2n) is 16.8. The van der Waals surface area contributed by atoms with Crippen molar-refractivity contribution in [2.45, 2.75) is 174 Å². The molecule has 0 amide bonds. The largest absolute Gasteiger partial charge is 0.460 e. The van der Waals surface area contributed by atoms with Gasteiger partial charge in [0.1, 0.15) is 18.3 Å². The predicted molar refractivity (Wildman–Crippen MR) is 209 cm³/mol. The normalized spacial score (nSPS) is 44.5. The van der Waals surface area contributed by atoms with Crippen molar-refractivity contribution in [3.05, 3.63) is 0 Å². The topological polar surface area (TPSA) is 197 Å². The van der Waals surface area contributed by atoms with E-state index in [2.05, 4.69) is 15.8 Å². The molecule has 3 saturated heterocycles. The molecule has 56 heavy (non-hydrogen) atoms. The third-order valence-corrected chi connectivity index (χ3v) is 12.0. The molecule has 3 aliphatic heterocycles. The number of ether oxygens (including phenoxy) is 8. The van der Waals surface area contributed by atoms with E-state index in [1.54, 1.807) is 41.9 Å². The maximum absolute atomic E-state index is 14.2. The van der Waals surface area contributed by atoms with Gasteiger partial charge in [-0.1, -0.05) is 32.9 Å². The molecule has 0 aromatic carbocycles. The minimum absolute atomic E-state index is 0.0806. The Balaban J connectivity index is 2.15. The van der Waals surface area contributed by atoms with Crippen LogP contribution in [0.2, 0.25) is 0 Å². The van der Waals surface area contributed by atoms with Gasteiger partial charge in [0.2, 0.25) is 6.79 Å². The van der Waals surface area contributed by atoms with Gasteiger partial charge in [-0.25, -0.2) is 0 Å². The Labute approximate surface area is 334 Å². The lowest BCUT2D eigenvalue weighted by atomic mass is 9.76. The summed E-state index contributed by atoms with van der Waals surface area (Å²) >= 11 is 0. The van der Waals surface area contributed by atoms with E-state index in [1.807, 2.05) is 41.5 Å². The van der Waals surface area contributed by atoms with E-state index in [9.17, 15) is 20.1 Å². The van der Waals surface area contributed by atoms with Crippen molar-refractivity contribution in [3.63, 3.8) is 0 Å². The molecule has 0 bridgehead atoms. The van der Waals surface area contributed by atoms with E-state index in [1.165, 1.54) is 7.11 Å². The average molecular weight is 806 g/mol. The van der Waals surface area contributed by atoms with E-state index in [0.29, 0.717) is 38.3 Å². The maximum atomic E-state index is 14.2. The number of carbonyl (C=O) groups is 1. The highest BCUT2D eigenvalue weighted by atomic mass is 16.7. The van der Waals surface area contributed by atoms with Crippen molar-refractivity contribution in [2.75, 3.05) is 47.8 Å². The number of hydrogen-bond acceptors (Lipinski definition) is 16. The summed E-state index contributed by atoms with van der Waals surface area (Å²) in [6.45, 7) is 19.8. The zero-order valence-electron chi connectivity index (χ0n) is 36.2. The molecule has 0 radical (unpaired) electrons. The van der Waals surface area contributed by atoms with Crippen molar-refractivity contribution in [2.24, 2.45) is 28.8 Å². The van der Waals surface area contributed by atoms with E-state index in [4.69, 9.17) is 42.7 Å². The number of aliphatic hydroxyl groups excluding tert-OH is 2. The fourth-order valence-electron chi connectivity index (χ4n) is 8.45. The predicted octanol–water partition coefficient (Wildman–Crippen LogP) is 2.73. The van der Waals surface area contributed by atoms with Crippen LogP contribution < -0.4 is 10.6 Å². The summed E-state index contributed by atoms with van der Waals surface area (Å²) in [6, 6.07) is -0.544. The minimum Gasteiger partial charge on any atom is -0.460 e. The molecule has 3 fully saturated rings. The summed E-state index contributed by atoms with van der Waals surface area (Å²) in [5, 5.41) is 46.4. The van der Waals surface area contributed by atoms with Crippen LogP contribution in [0.5, 0.6) is 0 Å². The molecule has 0 aromatic rings. The van der Waals surface area contributed by atoms with Gasteiger partial charge >= 0.3 is 5.97 Å². The molecule has 328 valence electrons. The Morgan fingerprint density at radius 3 is 2.30 bits per heavy atom. The van der Waals surface area contributed by atoms with Gasteiger partial charge in [0.05, 0.1) is 60.5 Å². The zero-order valence-corrected chi connectivity index (χ0v) is 36.2. The lowest BCUT2D eigenvalue weighted by Gasteiger charge is -2.48. The Morgan fingerprint density at radius 1 is 0.982 bits per heavy atom. The number of rotatable bonds is 13. The summed E-state index contributed by atoms with van der Waals surface area (Å²) in [4.78, 5) is 19.9. The van der Waals surface area contributed by atoms with Gasteiger partial charge in [0.15, 0.2) is 12.6 Å². The smallest absolute Gasteiger partial charge is 0.311 e. The monoisotopic (exact) mass is 806 g/mol. The van der Waals surface area contributed by atoms with E-state index in [0.717, 1.165) is 0 Å². The summed E-state index contributed by atoms with van der Waals surface area (Å²) in [5.74, 6) is -2.60. The highest BCUT2D eigenvalue weighted by Gasteiger charge is 2.51. The Bertz CT molecular complexity index is 1210. The van der Waals surface area contributed by atoms with Gasteiger partial charge in [-0.05, 0) is 67.9 Å². The van der Waals surface area contributed by atoms with E-state index >= 15 is 0 Å². The van der Waals surface area contributed by atoms with Crippen LogP contribution in [0.3, 0.4) is 0 Å². The van der Waals surface area contributed by atoms with Crippen LogP contribution in [0.15, 0.2) is 5.16 Å².